The van der Waals surface area contributed by atoms with E-state index in [0.29, 0.717) is 31.5 Å². The van der Waals surface area contributed by atoms with Crippen molar-refractivity contribution < 1.29 is 22.6 Å². The van der Waals surface area contributed by atoms with Gasteiger partial charge < -0.3 is 20.1 Å². The van der Waals surface area contributed by atoms with Crippen molar-refractivity contribution in [2.24, 2.45) is 4.99 Å². The number of nitrogens with zero attached hydrogens (tertiary/aromatic N) is 2. The molecule has 0 saturated carbocycles. The first-order valence-corrected chi connectivity index (χ1v) is 8.69. The van der Waals surface area contributed by atoms with Crippen LogP contribution in [0.25, 0.3) is 0 Å². The van der Waals surface area contributed by atoms with E-state index in [9.17, 15) is 13.2 Å². The highest BCUT2D eigenvalue weighted by atomic mass is 127. The minimum atomic E-state index is -4.35. The van der Waals surface area contributed by atoms with Gasteiger partial charge in [0.2, 0.25) is 5.88 Å². The molecular weight excluding hydrogens is 500 g/mol. The van der Waals surface area contributed by atoms with Crippen LogP contribution in [0.2, 0.25) is 0 Å². The SMILES string of the molecule is CCNC(=NCc1ccnc(OC)c1)NCc1ccc(OCC(F)(F)F)cc1.I. The lowest BCUT2D eigenvalue weighted by Crippen LogP contribution is -2.36. The van der Waals surface area contributed by atoms with Crippen LogP contribution in [-0.2, 0) is 13.1 Å². The number of ether oxygens (including phenoxy) is 2. The fraction of sp³-hybridized carbons (Fsp3) is 0.368. The van der Waals surface area contributed by atoms with Gasteiger partial charge >= 0.3 is 6.18 Å². The number of benzene rings is 1. The number of halogens is 4. The molecule has 2 rings (SSSR count). The number of methoxy groups -OCH3 is 1. The molecular formula is C19H24F3IN4O2. The Morgan fingerprint density at radius 2 is 1.83 bits per heavy atom. The van der Waals surface area contributed by atoms with E-state index in [2.05, 4.69) is 20.6 Å². The van der Waals surface area contributed by atoms with Crippen molar-refractivity contribution in [2.45, 2.75) is 26.2 Å². The van der Waals surface area contributed by atoms with Gasteiger partial charge in [-0.3, -0.25) is 0 Å². The van der Waals surface area contributed by atoms with Crippen LogP contribution in [-0.4, -0.2) is 37.4 Å². The van der Waals surface area contributed by atoms with Crippen LogP contribution in [0.3, 0.4) is 0 Å². The summed E-state index contributed by atoms with van der Waals surface area (Å²) in [6.45, 7) is 2.25. The standard InChI is InChI=1S/C19H23F3N4O2.HI/c1-3-23-18(26-12-15-8-9-24-17(10-15)27-2)25-11-14-4-6-16(7-5-14)28-13-19(20,21)22;/h4-10H,3,11-13H2,1-2H3,(H2,23,25,26);1H. The molecule has 1 aromatic heterocycles. The minimum absolute atomic E-state index is 0. The van der Waals surface area contributed by atoms with Gasteiger partial charge in [0.25, 0.3) is 0 Å². The number of pyridine rings is 1. The zero-order valence-corrected chi connectivity index (χ0v) is 18.5. The van der Waals surface area contributed by atoms with Gasteiger partial charge in [-0.25, -0.2) is 9.98 Å². The zero-order chi connectivity index (χ0) is 20.4. The maximum Gasteiger partial charge on any atom is 0.422 e. The van der Waals surface area contributed by atoms with Gasteiger partial charge in [-0.1, -0.05) is 12.1 Å². The summed E-state index contributed by atoms with van der Waals surface area (Å²) in [5.74, 6) is 1.32. The topological polar surface area (TPSA) is 67.8 Å². The number of hydrogen-bond acceptors (Lipinski definition) is 4. The summed E-state index contributed by atoms with van der Waals surface area (Å²) in [4.78, 5) is 8.57. The Hall–Kier alpha value is -2.24. The van der Waals surface area contributed by atoms with Gasteiger partial charge in [0.1, 0.15) is 5.75 Å². The maximum atomic E-state index is 12.2. The summed E-state index contributed by atoms with van der Waals surface area (Å²) in [6, 6.07) is 10.1. The lowest BCUT2D eigenvalue weighted by atomic mass is 10.2. The van der Waals surface area contributed by atoms with Gasteiger partial charge in [0, 0.05) is 25.4 Å². The van der Waals surface area contributed by atoms with E-state index in [4.69, 9.17) is 9.47 Å². The molecule has 10 heteroatoms. The molecule has 0 spiro atoms. The van der Waals surface area contributed by atoms with Crippen LogP contribution in [0.5, 0.6) is 11.6 Å². The Balaban J connectivity index is 0.00000420. The first kappa shape index (κ1) is 24.8. The molecule has 0 amide bonds. The van der Waals surface area contributed by atoms with Gasteiger partial charge in [0.05, 0.1) is 13.7 Å². The molecule has 2 aromatic rings. The fourth-order valence-corrected chi connectivity index (χ4v) is 2.23. The van der Waals surface area contributed by atoms with Gasteiger partial charge in [0.15, 0.2) is 12.6 Å². The molecule has 1 aromatic carbocycles. The molecule has 0 bridgehead atoms. The highest BCUT2D eigenvalue weighted by Gasteiger charge is 2.28. The Morgan fingerprint density at radius 3 is 2.45 bits per heavy atom. The Morgan fingerprint density at radius 1 is 1.10 bits per heavy atom. The molecule has 0 radical (unpaired) electrons. The molecule has 0 aliphatic heterocycles. The molecule has 0 fully saturated rings. The highest BCUT2D eigenvalue weighted by molar-refractivity contribution is 14.0. The van der Waals surface area contributed by atoms with Crippen LogP contribution in [0.1, 0.15) is 18.1 Å². The van der Waals surface area contributed by atoms with Crippen LogP contribution >= 0.6 is 24.0 Å². The second kappa shape index (κ2) is 12.3. The van der Waals surface area contributed by atoms with Crippen molar-refractivity contribution in [3.8, 4) is 11.6 Å². The van der Waals surface area contributed by atoms with Crippen molar-refractivity contribution in [1.82, 2.24) is 15.6 Å². The van der Waals surface area contributed by atoms with E-state index in [1.807, 2.05) is 19.1 Å². The number of hydrogen-bond donors (Lipinski definition) is 2. The molecule has 0 aliphatic carbocycles. The van der Waals surface area contributed by atoms with E-state index in [1.165, 1.54) is 12.1 Å². The van der Waals surface area contributed by atoms with Crippen molar-refractivity contribution in [3.63, 3.8) is 0 Å². The van der Waals surface area contributed by atoms with Crippen molar-refractivity contribution in [3.05, 3.63) is 53.7 Å². The van der Waals surface area contributed by atoms with Crippen LogP contribution in [0.4, 0.5) is 13.2 Å². The van der Waals surface area contributed by atoms with Crippen LogP contribution in [0, 0.1) is 0 Å². The maximum absolute atomic E-state index is 12.2. The molecule has 2 N–H and O–H groups in total. The van der Waals surface area contributed by atoms with Gasteiger partial charge in [-0.15, -0.1) is 24.0 Å². The monoisotopic (exact) mass is 524 g/mol. The van der Waals surface area contributed by atoms with Gasteiger partial charge in [-0.05, 0) is 36.2 Å². The van der Waals surface area contributed by atoms with E-state index in [1.54, 1.807) is 25.4 Å². The molecule has 0 aliphatic rings. The second-order valence-corrected chi connectivity index (χ2v) is 5.80. The van der Waals surface area contributed by atoms with E-state index >= 15 is 0 Å². The number of aliphatic imine (C=N–C) groups is 1. The molecule has 1 heterocycles. The summed E-state index contributed by atoms with van der Waals surface area (Å²) in [7, 11) is 1.56. The Bertz CT molecular complexity index is 771. The fourth-order valence-electron chi connectivity index (χ4n) is 2.23. The summed E-state index contributed by atoms with van der Waals surface area (Å²) in [6.07, 6.45) is -2.69. The lowest BCUT2D eigenvalue weighted by Gasteiger charge is -2.12. The first-order chi connectivity index (χ1) is 13.4. The molecule has 0 saturated heterocycles. The first-order valence-electron chi connectivity index (χ1n) is 8.69. The largest absolute Gasteiger partial charge is 0.484 e. The highest BCUT2D eigenvalue weighted by Crippen LogP contribution is 2.18. The molecule has 0 atom stereocenters. The zero-order valence-electron chi connectivity index (χ0n) is 16.1. The van der Waals surface area contributed by atoms with E-state index in [-0.39, 0.29) is 29.7 Å². The molecule has 160 valence electrons. The van der Waals surface area contributed by atoms with Crippen molar-refractivity contribution in [1.29, 1.82) is 0 Å². The predicted molar refractivity (Wildman–Crippen MR) is 116 cm³/mol. The third kappa shape index (κ3) is 9.68. The second-order valence-electron chi connectivity index (χ2n) is 5.80. The molecule has 0 unspecified atom stereocenters. The van der Waals surface area contributed by atoms with E-state index < -0.39 is 12.8 Å². The molecule has 29 heavy (non-hydrogen) atoms. The lowest BCUT2D eigenvalue weighted by molar-refractivity contribution is -0.153. The average Bonchev–Trinajstić information content (AvgIpc) is 2.69. The normalized spacial score (nSPS) is 11.4. The minimum Gasteiger partial charge on any atom is -0.484 e. The number of guanidine groups is 1. The summed E-state index contributed by atoms with van der Waals surface area (Å²) in [5.41, 5.74) is 1.84. The summed E-state index contributed by atoms with van der Waals surface area (Å²) < 4.78 is 46.3. The summed E-state index contributed by atoms with van der Waals surface area (Å²) in [5, 5.41) is 6.33. The Labute approximate surface area is 184 Å². The van der Waals surface area contributed by atoms with E-state index in [0.717, 1.165) is 11.1 Å². The number of nitrogens with one attached hydrogen (secondary N) is 2. The average molecular weight is 524 g/mol. The van der Waals surface area contributed by atoms with Crippen LogP contribution < -0.4 is 20.1 Å². The number of aromatic nitrogens is 1. The van der Waals surface area contributed by atoms with Crippen molar-refractivity contribution >= 4 is 29.9 Å². The predicted octanol–water partition coefficient (Wildman–Crippen LogP) is 3.90. The smallest absolute Gasteiger partial charge is 0.422 e. The number of rotatable bonds is 8. The third-order valence-electron chi connectivity index (χ3n) is 3.56. The Kier molecular flexibility index (Phi) is 10.6. The summed E-state index contributed by atoms with van der Waals surface area (Å²) >= 11 is 0. The van der Waals surface area contributed by atoms with Crippen LogP contribution in [0.15, 0.2) is 47.6 Å². The van der Waals surface area contributed by atoms with Crippen molar-refractivity contribution in [2.75, 3.05) is 20.3 Å². The number of alkyl halides is 3. The molecule has 6 nitrogen and oxygen atoms in total. The quantitative estimate of drug-likeness (QED) is 0.312. The van der Waals surface area contributed by atoms with Gasteiger partial charge in [-0.2, -0.15) is 13.2 Å². The third-order valence-corrected chi connectivity index (χ3v) is 3.56.